The van der Waals surface area contributed by atoms with Crippen LogP contribution in [0.25, 0.3) is 0 Å². The fourth-order valence-electron chi connectivity index (χ4n) is 5.83. The molecule has 2 atom stereocenters. The molecule has 8 nitrogen and oxygen atoms in total. The van der Waals surface area contributed by atoms with E-state index in [-0.39, 0.29) is 23.5 Å². The van der Waals surface area contributed by atoms with Gasteiger partial charge >= 0.3 is 5.97 Å². The number of piperidine rings is 1. The van der Waals surface area contributed by atoms with E-state index in [1.807, 2.05) is 41.9 Å². The lowest BCUT2D eigenvalue weighted by molar-refractivity contribution is -0.158. The second kappa shape index (κ2) is 10.00. The molecular weight excluding hydrogens is 466 g/mol. The summed E-state index contributed by atoms with van der Waals surface area (Å²) >= 11 is 0. The van der Waals surface area contributed by atoms with Gasteiger partial charge < -0.3 is 15.0 Å². The molecule has 8 heteroatoms. The van der Waals surface area contributed by atoms with Gasteiger partial charge in [-0.05, 0) is 69.7 Å². The standard InChI is InChI=1S/C29H35N5O3/c1-4-37-27(36)29(17-21-11-14-30-15-12-21)13-8-16-33(20-29)26(35)23-19-31-34-25(23)32-24(18-28(34,2)3)22-9-6-5-7-10-22/h5-7,9-12,14-15,19,24,32H,4,8,13,16-18,20H2,1-3H3. The Hall–Kier alpha value is -3.68. The normalized spacial score (nSPS) is 22.6. The van der Waals surface area contributed by atoms with Gasteiger partial charge in [0.15, 0.2) is 0 Å². The maximum Gasteiger partial charge on any atom is 0.314 e. The summed E-state index contributed by atoms with van der Waals surface area (Å²) in [6, 6.07) is 14.2. The second-order valence-corrected chi connectivity index (χ2v) is 10.8. The lowest BCUT2D eigenvalue weighted by Crippen LogP contribution is -2.51. The quantitative estimate of drug-likeness (QED) is 0.497. The number of ether oxygens (including phenoxy) is 1. The predicted octanol–water partition coefficient (Wildman–Crippen LogP) is 4.60. The van der Waals surface area contributed by atoms with Crippen LogP contribution in [0.3, 0.4) is 0 Å². The van der Waals surface area contributed by atoms with Crippen LogP contribution in [0, 0.1) is 5.41 Å². The van der Waals surface area contributed by atoms with Crippen LogP contribution in [0.5, 0.6) is 0 Å². The zero-order valence-electron chi connectivity index (χ0n) is 21.8. The summed E-state index contributed by atoms with van der Waals surface area (Å²) in [5.74, 6) is 0.377. The molecule has 0 radical (unpaired) electrons. The molecule has 1 saturated heterocycles. The maximum atomic E-state index is 14.0. The molecule has 3 aromatic rings. The molecular formula is C29H35N5O3. The zero-order chi connectivity index (χ0) is 26.0. The molecule has 2 aliphatic heterocycles. The van der Waals surface area contributed by atoms with E-state index in [1.54, 1.807) is 23.5 Å². The lowest BCUT2D eigenvalue weighted by atomic mass is 9.75. The molecule has 0 bridgehead atoms. The van der Waals surface area contributed by atoms with Crippen molar-refractivity contribution in [1.82, 2.24) is 19.7 Å². The van der Waals surface area contributed by atoms with Crippen LogP contribution < -0.4 is 5.32 Å². The van der Waals surface area contributed by atoms with Crippen LogP contribution in [-0.4, -0.2) is 51.2 Å². The molecule has 37 heavy (non-hydrogen) atoms. The molecule has 5 rings (SSSR count). The summed E-state index contributed by atoms with van der Waals surface area (Å²) in [4.78, 5) is 33.2. The van der Waals surface area contributed by atoms with Gasteiger partial charge in [-0.15, -0.1) is 0 Å². The maximum absolute atomic E-state index is 14.0. The summed E-state index contributed by atoms with van der Waals surface area (Å²) in [5, 5.41) is 8.23. The molecule has 1 amide bonds. The number of fused-ring (bicyclic) bond motifs is 1. The van der Waals surface area contributed by atoms with Gasteiger partial charge in [0.25, 0.3) is 5.91 Å². The van der Waals surface area contributed by atoms with Gasteiger partial charge in [-0.25, -0.2) is 4.68 Å². The number of pyridine rings is 1. The van der Waals surface area contributed by atoms with Crippen molar-refractivity contribution in [2.45, 2.75) is 58.0 Å². The van der Waals surface area contributed by atoms with Gasteiger partial charge in [0.2, 0.25) is 0 Å². The monoisotopic (exact) mass is 501 g/mol. The van der Waals surface area contributed by atoms with E-state index in [0.29, 0.717) is 38.1 Å². The number of amides is 1. The Labute approximate surface area is 218 Å². The van der Waals surface area contributed by atoms with Gasteiger partial charge in [-0.3, -0.25) is 14.6 Å². The Morgan fingerprint density at radius 2 is 1.89 bits per heavy atom. The molecule has 4 heterocycles. The van der Waals surface area contributed by atoms with Crippen molar-refractivity contribution < 1.29 is 14.3 Å². The first-order valence-electron chi connectivity index (χ1n) is 13.1. The van der Waals surface area contributed by atoms with Crippen molar-refractivity contribution in [3.8, 4) is 0 Å². The number of hydrogen-bond acceptors (Lipinski definition) is 6. The number of likely N-dealkylation sites (tertiary alicyclic amines) is 1. The lowest BCUT2D eigenvalue weighted by Gasteiger charge is -2.41. The predicted molar refractivity (Wildman–Crippen MR) is 141 cm³/mol. The minimum Gasteiger partial charge on any atom is -0.466 e. The number of carbonyl (C=O) groups is 2. The molecule has 2 aliphatic rings. The van der Waals surface area contributed by atoms with Crippen LogP contribution in [0.1, 0.15) is 67.6 Å². The van der Waals surface area contributed by atoms with Crippen molar-refractivity contribution in [2.75, 3.05) is 25.0 Å². The van der Waals surface area contributed by atoms with E-state index >= 15 is 0 Å². The van der Waals surface area contributed by atoms with E-state index < -0.39 is 5.41 Å². The van der Waals surface area contributed by atoms with Crippen molar-refractivity contribution in [3.63, 3.8) is 0 Å². The highest BCUT2D eigenvalue weighted by Gasteiger charge is 2.46. The number of benzene rings is 1. The summed E-state index contributed by atoms with van der Waals surface area (Å²) in [5.41, 5.74) is 1.67. The number of hydrogen-bond donors (Lipinski definition) is 1. The van der Waals surface area contributed by atoms with E-state index in [2.05, 4.69) is 41.4 Å². The van der Waals surface area contributed by atoms with E-state index in [9.17, 15) is 9.59 Å². The Balaban J connectivity index is 1.44. The van der Waals surface area contributed by atoms with Crippen molar-refractivity contribution in [3.05, 3.63) is 77.7 Å². The molecule has 2 aromatic heterocycles. The van der Waals surface area contributed by atoms with Gasteiger partial charge in [-0.2, -0.15) is 5.10 Å². The largest absolute Gasteiger partial charge is 0.466 e. The number of esters is 1. The number of carbonyl (C=O) groups excluding carboxylic acids is 2. The van der Waals surface area contributed by atoms with E-state index in [1.165, 1.54) is 5.56 Å². The molecule has 0 spiro atoms. The highest BCUT2D eigenvalue weighted by Crippen LogP contribution is 2.41. The van der Waals surface area contributed by atoms with Crippen LogP contribution >= 0.6 is 0 Å². The Bertz CT molecular complexity index is 1260. The highest BCUT2D eigenvalue weighted by atomic mass is 16.5. The zero-order valence-corrected chi connectivity index (χ0v) is 21.8. The average molecular weight is 502 g/mol. The topological polar surface area (TPSA) is 89.3 Å². The highest BCUT2D eigenvalue weighted by molar-refractivity contribution is 5.99. The summed E-state index contributed by atoms with van der Waals surface area (Å²) in [6.07, 6.45) is 7.89. The fraction of sp³-hybridized carbons (Fsp3) is 0.448. The van der Waals surface area contributed by atoms with E-state index in [4.69, 9.17) is 4.74 Å². The molecule has 0 aliphatic carbocycles. The van der Waals surface area contributed by atoms with Crippen LogP contribution in [0.15, 0.2) is 61.1 Å². The van der Waals surface area contributed by atoms with Crippen LogP contribution in [-0.2, 0) is 21.5 Å². The SMILES string of the molecule is CCOC(=O)C1(Cc2ccncc2)CCCN(C(=O)c2cnn3c2NC(c2ccccc2)CC3(C)C)C1. The molecule has 0 saturated carbocycles. The van der Waals surface area contributed by atoms with Crippen LogP contribution in [0.2, 0.25) is 0 Å². The third-order valence-corrected chi connectivity index (χ3v) is 7.65. The Morgan fingerprint density at radius 3 is 2.62 bits per heavy atom. The average Bonchev–Trinajstić information content (AvgIpc) is 3.34. The number of anilines is 1. The van der Waals surface area contributed by atoms with Crippen molar-refractivity contribution in [2.24, 2.45) is 5.41 Å². The Morgan fingerprint density at radius 1 is 1.14 bits per heavy atom. The fourth-order valence-corrected chi connectivity index (χ4v) is 5.83. The first kappa shape index (κ1) is 25.0. The van der Waals surface area contributed by atoms with Gasteiger partial charge in [0.1, 0.15) is 11.4 Å². The summed E-state index contributed by atoms with van der Waals surface area (Å²) in [6.45, 7) is 7.32. The van der Waals surface area contributed by atoms with E-state index in [0.717, 1.165) is 24.2 Å². The first-order valence-corrected chi connectivity index (χ1v) is 13.1. The molecule has 1 N–H and O–H groups in total. The summed E-state index contributed by atoms with van der Waals surface area (Å²) < 4.78 is 7.47. The summed E-state index contributed by atoms with van der Waals surface area (Å²) in [7, 11) is 0. The third kappa shape index (κ3) is 4.84. The second-order valence-electron chi connectivity index (χ2n) is 10.8. The van der Waals surface area contributed by atoms with Crippen molar-refractivity contribution >= 4 is 17.7 Å². The number of nitrogens with zero attached hydrogens (tertiary/aromatic N) is 4. The van der Waals surface area contributed by atoms with Gasteiger partial charge in [0.05, 0.1) is 29.8 Å². The van der Waals surface area contributed by atoms with Gasteiger partial charge in [-0.1, -0.05) is 30.3 Å². The number of aromatic nitrogens is 3. The molecule has 2 unspecified atom stereocenters. The Kier molecular flexibility index (Phi) is 6.75. The first-order chi connectivity index (χ1) is 17.8. The van der Waals surface area contributed by atoms with Crippen LogP contribution in [0.4, 0.5) is 5.82 Å². The van der Waals surface area contributed by atoms with Gasteiger partial charge in [0, 0.05) is 25.5 Å². The third-order valence-electron chi connectivity index (χ3n) is 7.65. The number of nitrogens with one attached hydrogen (secondary N) is 1. The minimum absolute atomic E-state index is 0.0682. The molecule has 194 valence electrons. The molecule has 1 aromatic carbocycles. The minimum atomic E-state index is -0.794. The molecule has 1 fully saturated rings. The number of rotatable bonds is 6. The van der Waals surface area contributed by atoms with Crippen molar-refractivity contribution in [1.29, 1.82) is 0 Å². The smallest absolute Gasteiger partial charge is 0.314 e.